The number of hydrogen-bond donors (Lipinski definition) is 0. The SMILES string of the molecule is COc1cccc(COC(=O)CCCN2C(=O)c3ccccc3C2=O)c1. The van der Waals surface area contributed by atoms with Gasteiger partial charge in [0.25, 0.3) is 11.8 Å². The minimum Gasteiger partial charge on any atom is -0.497 e. The summed E-state index contributed by atoms with van der Waals surface area (Å²) >= 11 is 0. The molecular formula is C20H19NO5. The van der Waals surface area contributed by atoms with Crippen LogP contribution in [0.5, 0.6) is 5.75 Å². The molecule has 0 saturated heterocycles. The van der Waals surface area contributed by atoms with Crippen molar-refractivity contribution in [2.75, 3.05) is 13.7 Å². The third-order valence-corrected chi connectivity index (χ3v) is 4.17. The number of methoxy groups -OCH3 is 1. The molecule has 0 aliphatic carbocycles. The van der Waals surface area contributed by atoms with E-state index in [4.69, 9.17) is 9.47 Å². The molecule has 0 N–H and O–H groups in total. The fourth-order valence-electron chi connectivity index (χ4n) is 2.82. The monoisotopic (exact) mass is 353 g/mol. The van der Waals surface area contributed by atoms with Crippen LogP contribution in [0.4, 0.5) is 0 Å². The Kier molecular flexibility index (Phi) is 5.31. The van der Waals surface area contributed by atoms with Crippen molar-refractivity contribution in [3.63, 3.8) is 0 Å². The van der Waals surface area contributed by atoms with Crippen molar-refractivity contribution in [1.82, 2.24) is 4.90 Å². The summed E-state index contributed by atoms with van der Waals surface area (Å²) < 4.78 is 10.3. The number of hydrogen-bond acceptors (Lipinski definition) is 5. The smallest absolute Gasteiger partial charge is 0.306 e. The van der Waals surface area contributed by atoms with Crippen LogP contribution in [0.15, 0.2) is 48.5 Å². The molecule has 2 aromatic carbocycles. The van der Waals surface area contributed by atoms with E-state index in [-0.39, 0.29) is 37.4 Å². The highest BCUT2D eigenvalue weighted by Crippen LogP contribution is 2.22. The van der Waals surface area contributed by atoms with Crippen molar-refractivity contribution in [2.45, 2.75) is 19.4 Å². The first-order valence-corrected chi connectivity index (χ1v) is 8.34. The normalized spacial score (nSPS) is 12.9. The number of carbonyl (C=O) groups is 3. The molecule has 6 heteroatoms. The third kappa shape index (κ3) is 3.74. The summed E-state index contributed by atoms with van der Waals surface area (Å²) in [5.74, 6) is -0.292. The first kappa shape index (κ1) is 17.7. The average Bonchev–Trinajstić information content (AvgIpc) is 2.92. The van der Waals surface area contributed by atoms with Crippen LogP contribution < -0.4 is 4.74 Å². The summed E-state index contributed by atoms with van der Waals surface area (Å²) in [5.41, 5.74) is 1.66. The molecule has 2 aromatic rings. The van der Waals surface area contributed by atoms with Gasteiger partial charge >= 0.3 is 5.97 Å². The van der Waals surface area contributed by atoms with Crippen molar-refractivity contribution in [3.05, 3.63) is 65.2 Å². The number of nitrogens with zero attached hydrogens (tertiary/aromatic N) is 1. The largest absolute Gasteiger partial charge is 0.497 e. The quantitative estimate of drug-likeness (QED) is 0.565. The van der Waals surface area contributed by atoms with E-state index in [0.717, 1.165) is 5.56 Å². The van der Waals surface area contributed by atoms with Gasteiger partial charge in [0.2, 0.25) is 0 Å². The van der Waals surface area contributed by atoms with Gasteiger partial charge in [0.05, 0.1) is 18.2 Å². The van der Waals surface area contributed by atoms with Crippen LogP contribution in [0.25, 0.3) is 0 Å². The number of imide groups is 1. The van der Waals surface area contributed by atoms with Gasteiger partial charge < -0.3 is 9.47 Å². The van der Waals surface area contributed by atoms with Crippen molar-refractivity contribution >= 4 is 17.8 Å². The second-order valence-corrected chi connectivity index (χ2v) is 5.92. The first-order valence-electron chi connectivity index (χ1n) is 8.34. The summed E-state index contributed by atoms with van der Waals surface area (Å²) in [6, 6.07) is 14.0. The van der Waals surface area contributed by atoms with E-state index in [2.05, 4.69) is 0 Å². The average molecular weight is 353 g/mol. The molecule has 134 valence electrons. The van der Waals surface area contributed by atoms with Crippen LogP contribution in [0.3, 0.4) is 0 Å². The maximum absolute atomic E-state index is 12.2. The zero-order chi connectivity index (χ0) is 18.5. The van der Waals surface area contributed by atoms with Gasteiger partial charge in [-0.15, -0.1) is 0 Å². The van der Waals surface area contributed by atoms with Crippen molar-refractivity contribution in [1.29, 1.82) is 0 Å². The van der Waals surface area contributed by atoms with E-state index in [1.54, 1.807) is 37.4 Å². The van der Waals surface area contributed by atoms with E-state index in [0.29, 0.717) is 23.3 Å². The lowest BCUT2D eigenvalue weighted by molar-refractivity contribution is -0.145. The standard InChI is InChI=1S/C20H19NO5/c1-25-15-7-4-6-14(12-15)13-26-18(22)10-5-11-21-19(23)16-8-2-3-9-17(16)20(21)24/h2-4,6-9,12H,5,10-11,13H2,1H3. The molecule has 0 spiro atoms. The molecule has 0 saturated carbocycles. The maximum atomic E-state index is 12.2. The number of rotatable bonds is 7. The molecule has 0 bridgehead atoms. The van der Waals surface area contributed by atoms with Crippen LogP contribution in [-0.2, 0) is 16.1 Å². The highest BCUT2D eigenvalue weighted by molar-refractivity contribution is 6.21. The van der Waals surface area contributed by atoms with Crippen LogP contribution in [0, 0.1) is 0 Å². The molecule has 6 nitrogen and oxygen atoms in total. The molecule has 0 unspecified atom stereocenters. The van der Waals surface area contributed by atoms with E-state index < -0.39 is 0 Å². The number of ether oxygens (including phenoxy) is 2. The van der Waals surface area contributed by atoms with E-state index in [1.165, 1.54) is 4.90 Å². The minimum absolute atomic E-state index is 0.136. The predicted molar refractivity (Wildman–Crippen MR) is 93.8 cm³/mol. The minimum atomic E-state index is -0.371. The molecule has 3 rings (SSSR count). The molecule has 1 heterocycles. The van der Waals surface area contributed by atoms with Gasteiger partial charge in [-0.05, 0) is 36.2 Å². The molecule has 0 fully saturated rings. The van der Waals surface area contributed by atoms with Gasteiger partial charge in [0.15, 0.2) is 0 Å². The van der Waals surface area contributed by atoms with Gasteiger partial charge in [-0.2, -0.15) is 0 Å². The molecule has 0 radical (unpaired) electrons. The highest BCUT2D eigenvalue weighted by Gasteiger charge is 2.34. The summed E-state index contributed by atoms with van der Waals surface area (Å²) in [4.78, 5) is 37.5. The zero-order valence-electron chi connectivity index (χ0n) is 14.4. The van der Waals surface area contributed by atoms with Gasteiger partial charge in [-0.25, -0.2) is 0 Å². The van der Waals surface area contributed by atoms with Gasteiger partial charge in [0.1, 0.15) is 12.4 Å². The summed E-state index contributed by atoms with van der Waals surface area (Å²) in [6.07, 6.45) is 0.500. The first-order chi connectivity index (χ1) is 12.6. The maximum Gasteiger partial charge on any atom is 0.306 e. The molecular weight excluding hydrogens is 334 g/mol. The molecule has 2 amide bonds. The molecule has 1 aliphatic rings. The second-order valence-electron chi connectivity index (χ2n) is 5.92. The summed E-state index contributed by atoms with van der Waals surface area (Å²) in [6.45, 7) is 0.351. The fourth-order valence-corrected chi connectivity index (χ4v) is 2.82. The predicted octanol–water partition coefficient (Wildman–Crippen LogP) is 2.81. The van der Waals surface area contributed by atoms with Crippen molar-refractivity contribution in [3.8, 4) is 5.75 Å². The van der Waals surface area contributed by atoms with Gasteiger partial charge in [-0.3, -0.25) is 19.3 Å². The fraction of sp³-hybridized carbons (Fsp3) is 0.250. The van der Waals surface area contributed by atoms with Gasteiger partial charge in [-0.1, -0.05) is 24.3 Å². The van der Waals surface area contributed by atoms with E-state index in [1.807, 2.05) is 18.2 Å². The Bertz CT molecular complexity index is 811. The lowest BCUT2D eigenvalue weighted by Crippen LogP contribution is -2.31. The summed E-state index contributed by atoms with van der Waals surface area (Å²) in [5, 5.41) is 0. The number of esters is 1. The zero-order valence-corrected chi connectivity index (χ0v) is 14.4. The molecule has 1 aliphatic heterocycles. The topological polar surface area (TPSA) is 72.9 Å². The Labute approximate surface area is 151 Å². The second kappa shape index (κ2) is 7.82. The van der Waals surface area contributed by atoms with Crippen LogP contribution in [-0.4, -0.2) is 36.3 Å². The Morgan fingerprint density at radius 3 is 2.35 bits per heavy atom. The Morgan fingerprint density at radius 2 is 1.69 bits per heavy atom. The Balaban J connectivity index is 1.46. The number of carbonyl (C=O) groups excluding carboxylic acids is 3. The Morgan fingerprint density at radius 1 is 1.00 bits per heavy atom. The van der Waals surface area contributed by atoms with Gasteiger partial charge in [0, 0.05) is 13.0 Å². The number of benzene rings is 2. The Hall–Kier alpha value is -3.15. The lowest BCUT2D eigenvalue weighted by Gasteiger charge is -2.13. The van der Waals surface area contributed by atoms with E-state index >= 15 is 0 Å². The van der Waals surface area contributed by atoms with Crippen LogP contribution in [0.2, 0.25) is 0 Å². The van der Waals surface area contributed by atoms with Crippen LogP contribution >= 0.6 is 0 Å². The molecule has 0 aromatic heterocycles. The molecule has 0 atom stereocenters. The van der Waals surface area contributed by atoms with Crippen molar-refractivity contribution < 1.29 is 23.9 Å². The molecule has 26 heavy (non-hydrogen) atoms. The van der Waals surface area contributed by atoms with Crippen LogP contribution in [0.1, 0.15) is 39.1 Å². The summed E-state index contributed by atoms with van der Waals surface area (Å²) in [7, 11) is 1.57. The third-order valence-electron chi connectivity index (χ3n) is 4.17. The van der Waals surface area contributed by atoms with E-state index in [9.17, 15) is 14.4 Å². The lowest BCUT2D eigenvalue weighted by atomic mass is 10.1. The number of fused-ring (bicyclic) bond motifs is 1. The number of amides is 2. The van der Waals surface area contributed by atoms with Crippen molar-refractivity contribution in [2.24, 2.45) is 0 Å². The highest BCUT2D eigenvalue weighted by atomic mass is 16.5.